The lowest BCUT2D eigenvalue weighted by molar-refractivity contribution is -0.248. The van der Waals surface area contributed by atoms with Gasteiger partial charge in [-0.15, -0.1) is 0 Å². The van der Waals surface area contributed by atoms with Crippen molar-refractivity contribution in [2.24, 2.45) is 5.41 Å². The normalized spacial score (nSPS) is 24.8. The van der Waals surface area contributed by atoms with Crippen molar-refractivity contribution in [3.05, 3.63) is 69.5 Å². The van der Waals surface area contributed by atoms with Crippen LogP contribution in [0.3, 0.4) is 0 Å². The highest BCUT2D eigenvalue weighted by molar-refractivity contribution is 6.31. The van der Waals surface area contributed by atoms with Crippen molar-refractivity contribution in [3.63, 3.8) is 0 Å². The molecule has 6 nitrogen and oxygen atoms in total. The van der Waals surface area contributed by atoms with Crippen LogP contribution in [0.1, 0.15) is 37.8 Å². The Morgan fingerprint density at radius 1 is 1.14 bits per heavy atom. The summed E-state index contributed by atoms with van der Waals surface area (Å²) in [6, 6.07) is 1.83. The summed E-state index contributed by atoms with van der Waals surface area (Å²) in [4.78, 5) is 27.3. The van der Waals surface area contributed by atoms with Crippen molar-refractivity contribution in [1.82, 2.24) is 4.90 Å². The van der Waals surface area contributed by atoms with Crippen LogP contribution in [0.15, 0.2) is 42.5 Å². The number of nitrogens with zero attached hydrogens (tertiary/aromatic N) is 2. The van der Waals surface area contributed by atoms with Gasteiger partial charge >= 0.3 is 18.0 Å². The van der Waals surface area contributed by atoms with Crippen molar-refractivity contribution >= 4 is 35.1 Å². The van der Waals surface area contributed by atoms with Gasteiger partial charge in [0.25, 0.3) is 0 Å². The number of carbonyl (C=O) groups is 2. The fourth-order valence-corrected chi connectivity index (χ4v) is 5.55. The predicted molar refractivity (Wildman–Crippen MR) is 122 cm³/mol. The van der Waals surface area contributed by atoms with E-state index in [2.05, 4.69) is 4.94 Å². The molecule has 1 aliphatic heterocycles. The first-order chi connectivity index (χ1) is 16.7. The quantitative estimate of drug-likeness (QED) is 0.372. The molecule has 1 aliphatic rings. The number of alkyl halides is 2. The Bertz CT molecular complexity index is 1230. The zero-order valence-corrected chi connectivity index (χ0v) is 20.6. The van der Waals surface area contributed by atoms with E-state index in [1.807, 2.05) is 6.07 Å². The molecule has 36 heavy (non-hydrogen) atoms. The second-order valence-electron chi connectivity index (χ2n) is 9.47. The van der Waals surface area contributed by atoms with Gasteiger partial charge in [-0.2, -0.15) is 14.0 Å². The maximum absolute atomic E-state index is 15.5. The zero-order valence-electron chi connectivity index (χ0n) is 19.1. The van der Waals surface area contributed by atoms with Crippen LogP contribution in [0.2, 0.25) is 10.0 Å². The number of carbonyl (C=O) groups excluding carboxylic acids is 1. The Kier molecular flexibility index (Phi) is 7.34. The number of halogens is 6. The standard InChI is InChI=1S/C24H20Cl2F4N2O4/c1-22(2,3)20-23(11-31,12-7-9-13(25)10-8-12)16(14-5-4-6-15(26)17(14)27)18(19(33)34)32(20)24(28,29)21(35)36-30/h4-10,16,18,20H,1-3H3,(H,33,34)/t16-,18+,20-,23+/m0/s1. The molecule has 0 radical (unpaired) electrons. The van der Waals surface area contributed by atoms with Gasteiger partial charge in [-0.05, 0) is 34.7 Å². The Morgan fingerprint density at radius 3 is 2.19 bits per heavy atom. The summed E-state index contributed by atoms with van der Waals surface area (Å²) >= 11 is 11.9. The molecule has 0 amide bonds. The summed E-state index contributed by atoms with van der Waals surface area (Å²) in [5.41, 5.74) is -4.02. The van der Waals surface area contributed by atoms with Gasteiger partial charge in [-0.3, -0.25) is 4.79 Å². The van der Waals surface area contributed by atoms with Gasteiger partial charge in [0.2, 0.25) is 0 Å². The van der Waals surface area contributed by atoms with E-state index in [4.69, 9.17) is 23.2 Å². The van der Waals surface area contributed by atoms with Crippen LogP contribution in [0, 0.1) is 22.6 Å². The molecule has 1 heterocycles. The van der Waals surface area contributed by atoms with Crippen molar-refractivity contribution in [2.75, 3.05) is 0 Å². The second kappa shape index (κ2) is 9.54. The van der Waals surface area contributed by atoms with Crippen LogP contribution in [0.25, 0.3) is 0 Å². The molecule has 12 heteroatoms. The highest BCUT2D eigenvalue weighted by atomic mass is 35.5. The van der Waals surface area contributed by atoms with Gasteiger partial charge in [0.15, 0.2) is 0 Å². The molecule has 1 N–H and O–H groups in total. The maximum Gasteiger partial charge on any atom is 0.434 e. The second-order valence-corrected chi connectivity index (χ2v) is 10.3. The van der Waals surface area contributed by atoms with E-state index in [0.717, 1.165) is 12.1 Å². The third kappa shape index (κ3) is 4.19. The Hall–Kier alpha value is -2.87. The molecule has 0 spiro atoms. The minimum atomic E-state index is -4.87. The number of carboxylic acids is 1. The average molecular weight is 547 g/mol. The van der Waals surface area contributed by atoms with E-state index in [1.54, 1.807) is 0 Å². The van der Waals surface area contributed by atoms with Crippen molar-refractivity contribution in [2.45, 2.75) is 50.2 Å². The number of benzene rings is 2. The number of hydrogen-bond acceptors (Lipinski definition) is 5. The van der Waals surface area contributed by atoms with Gasteiger partial charge in [0, 0.05) is 21.5 Å². The molecule has 0 unspecified atom stereocenters. The highest BCUT2D eigenvalue weighted by Crippen LogP contribution is 2.60. The largest absolute Gasteiger partial charge is 0.480 e. The summed E-state index contributed by atoms with van der Waals surface area (Å²) in [6.07, 6.45) is 0. The molecule has 2 aromatic carbocycles. The van der Waals surface area contributed by atoms with E-state index >= 15 is 13.2 Å². The van der Waals surface area contributed by atoms with E-state index < -0.39 is 63.2 Å². The Labute approximate surface area is 213 Å². The van der Waals surface area contributed by atoms with E-state index in [-0.39, 0.29) is 15.5 Å². The molecule has 0 aliphatic carbocycles. The van der Waals surface area contributed by atoms with Gasteiger partial charge in [0.1, 0.15) is 17.3 Å². The molecule has 4 atom stereocenters. The topological polar surface area (TPSA) is 90.6 Å². The summed E-state index contributed by atoms with van der Waals surface area (Å²) in [5.74, 6) is -7.57. The van der Waals surface area contributed by atoms with Crippen LogP contribution in [0.5, 0.6) is 0 Å². The third-order valence-electron chi connectivity index (χ3n) is 6.35. The number of nitriles is 1. The number of carboxylic acid groups (broad SMARTS) is 1. The Morgan fingerprint density at radius 2 is 1.72 bits per heavy atom. The monoisotopic (exact) mass is 546 g/mol. The number of hydrogen-bond donors (Lipinski definition) is 1. The van der Waals surface area contributed by atoms with Gasteiger partial charge < -0.3 is 5.11 Å². The summed E-state index contributed by atoms with van der Waals surface area (Å²) < 4.78 is 59.3. The molecule has 2 aromatic rings. The first-order valence-electron chi connectivity index (χ1n) is 10.5. The third-order valence-corrected chi connectivity index (χ3v) is 6.90. The molecule has 192 valence electrons. The average Bonchev–Trinajstić information content (AvgIpc) is 3.14. The van der Waals surface area contributed by atoms with E-state index in [9.17, 15) is 24.5 Å². The number of rotatable bonds is 5. The molecular formula is C24H20Cl2F4N2O4. The molecular weight excluding hydrogens is 527 g/mol. The van der Waals surface area contributed by atoms with Gasteiger partial charge in [-0.25, -0.2) is 19.0 Å². The van der Waals surface area contributed by atoms with Gasteiger partial charge in [-0.1, -0.05) is 68.2 Å². The molecule has 0 bridgehead atoms. The fourth-order valence-electron chi connectivity index (χ4n) is 5.24. The first kappa shape index (κ1) is 27.7. The van der Waals surface area contributed by atoms with Crippen LogP contribution in [-0.2, 0) is 19.9 Å². The van der Waals surface area contributed by atoms with Crippen LogP contribution >= 0.6 is 23.2 Å². The minimum absolute atomic E-state index is 0.0249. The molecule has 0 aromatic heterocycles. The molecule has 0 saturated carbocycles. The molecule has 3 rings (SSSR count). The SMILES string of the molecule is CC(C)(C)[C@@H]1N(C(F)(F)C(=O)OF)[C@@H](C(=O)O)[C@H](c2cccc(Cl)c2F)[C@@]1(C#N)c1ccc(Cl)cc1. The lowest BCUT2D eigenvalue weighted by Crippen LogP contribution is -2.61. The first-order valence-corrected chi connectivity index (χ1v) is 11.2. The van der Waals surface area contributed by atoms with E-state index in [0.29, 0.717) is 0 Å². The lowest BCUT2D eigenvalue weighted by atomic mass is 9.60. The van der Waals surface area contributed by atoms with Crippen molar-refractivity contribution < 1.29 is 37.3 Å². The smallest absolute Gasteiger partial charge is 0.434 e. The Balaban J connectivity index is 2.57. The summed E-state index contributed by atoms with van der Waals surface area (Å²) in [7, 11) is 0. The number of likely N-dealkylation sites (tertiary alicyclic amines) is 1. The van der Waals surface area contributed by atoms with Crippen LogP contribution in [-0.4, -0.2) is 40.1 Å². The maximum atomic E-state index is 15.5. The molecule has 1 saturated heterocycles. The minimum Gasteiger partial charge on any atom is -0.480 e. The lowest BCUT2D eigenvalue weighted by Gasteiger charge is -2.44. The van der Waals surface area contributed by atoms with Gasteiger partial charge in [0.05, 0.1) is 11.1 Å². The van der Waals surface area contributed by atoms with Crippen LogP contribution in [0.4, 0.5) is 17.7 Å². The summed E-state index contributed by atoms with van der Waals surface area (Å²) in [5, 5.41) is 20.6. The summed E-state index contributed by atoms with van der Waals surface area (Å²) in [6.45, 7) is 4.29. The van der Waals surface area contributed by atoms with E-state index in [1.165, 1.54) is 51.1 Å². The van der Waals surface area contributed by atoms with Crippen LogP contribution < -0.4 is 0 Å². The van der Waals surface area contributed by atoms with Crippen molar-refractivity contribution in [3.8, 4) is 6.07 Å². The zero-order chi connectivity index (χ0) is 27.2. The fraction of sp³-hybridized carbons (Fsp3) is 0.375. The highest BCUT2D eigenvalue weighted by Gasteiger charge is 2.73. The van der Waals surface area contributed by atoms with Crippen molar-refractivity contribution in [1.29, 1.82) is 5.26 Å². The molecule has 1 fully saturated rings. The predicted octanol–water partition coefficient (Wildman–Crippen LogP) is 5.88. The number of aliphatic carboxylic acids is 1.